The van der Waals surface area contributed by atoms with Crippen molar-refractivity contribution < 1.29 is 18.3 Å². The summed E-state index contributed by atoms with van der Waals surface area (Å²) in [5.74, 6) is 0.277. The molecular formula is C10H21NO4S. The van der Waals surface area contributed by atoms with Gasteiger partial charge in [0.05, 0.1) is 11.9 Å². The molecule has 0 radical (unpaired) electrons. The zero-order chi connectivity index (χ0) is 12.3. The molecule has 1 unspecified atom stereocenters. The van der Waals surface area contributed by atoms with Crippen molar-refractivity contribution in [2.75, 3.05) is 33.4 Å². The van der Waals surface area contributed by atoms with Gasteiger partial charge in [0.25, 0.3) is 0 Å². The summed E-state index contributed by atoms with van der Waals surface area (Å²) in [5.41, 5.74) is 0. The number of methoxy groups -OCH3 is 1. The van der Waals surface area contributed by atoms with Gasteiger partial charge in [-0.3, -0.25) is 0 Å². The third-order valence-electron chi connectivity index (χ3n) is 3.24. The molecule has 0 aromatic rings. The van der Waals surface area contributed by atoms with Crippen LogP contribution >= 0.6 is 0 Å². The molecule has 1 fully saturated rings. The van der Waals surface area contributed by atoms with Crippen molar-refractivity contribution in [2.45, 2.75) is 19.1 Å². The molecule has 6 heteroatoms. The van der Waals surface area contributed by atoms with Gasteiger partial charge >= 0.3 is 0 Å². The van der Waals surface area contributed by atoms with Crippen molar-refractivity contribution in [3.05, 3.63) is 0 Å². The van der Waals surface area contributed by atoms with Gasteiger partial charge < -0.3 is 9.84 Å². The summed E-state index contributed by atoms with van der Waals surface area (Å²) in [6.45, 7) is 4.80. The zero-order valence-electron chi connectivity index (χ0n) is 10.1. The minimum atomic E-state index is -3.28. The SMILES string of the molecule is COCC(C)S(=O)(=O)N1C[C@@H](CO)[C@H](C)C1. The highest BCUT2D eigenvalue weighted by atomic mass is 32.2. The maximum absolute atomic E-state index is 12.1. The molecule has 1 aliphatic rings. The van der Waals surface area contributed by atoms with Crippen LogP contribution in [0.1, 0.15) is 13.8 Å². The van der Waals surface area contributed by atoms with Crippen LogP contribution in [0, 0.1) is 11.8 Å². The Hall–Kier alpha value is -0.170. The van der Waals surface area contributed by atoms with Gasteiger partial charge in [-0.15, -0.1) is 0 Å². The first kappa shape index (κ1) is 13.9. The molecule has 0 aliphatic carbocycles. The fourth-order valence-corrected chi connectivity index (χ4v) is 3.67. The van der Waals surface area contributed by atoms with Crippen molar-refractivity contribution in [1.82, 2.24) is 4.31 Å². The monoisotopic (exact) mass is 251 g/mol. The van der Waals surface area contributed by atoms with E-state index < -0.39 is 15.3 Å². The van der Waals surface area contributed by atoms with Crippen LogP contribution < -0.4 is 0 Å². The molecule has 1 rings (SSSR count). The summed E-state index contributed by atoms with van der Waals surface area (Å²) in [7, 11) is -1.78. The Balaban J connectivity index is 2.72. The second-order valence-corrected chi connectivity index (χ2v) is 6.90. The maximum Gasteiger partial charge on any atom is 0.219 e. The minimum absolute atomic E-state index is 0.0475. The number of nitrogens with zero attached hydrogens (tertiary/aromatic N) is 1. The van der Waals surface area contributed by atoms with Crippen LogP contribution in [-0.4, -0.2) is 56.5 Å². The van der Waals surface area contributed by atoms with Gasteiger partial charge in [0, 0.05) is 26.8 Å². The van der Waals surface area contributed by atoms with E-state index in [-0.39, 0.29) is 25.0 Å². The Morgan fingerprint density at radius 3 is 2.56 bits per heavy atom. The van der Waals surface area contributed by atoms with Crippen molar-refractivity contribution >= 4 is 10.0 Å². The summed E-state index contributed by atoms with van der Waals surface area (Å²) < 4.78 is 30.5. The number of hydrogen-bond donors (Lipinski definition) is 1. The molecule has 16 heavy (non-hydrogen) atoms. The number of aliphatic hydroxyl groups is 1. The summed E-state index contributed by atoms with van der Waals surface area (Å²) in [4.78, 5) is 0. The molecule has 0 aromatic heterocycles. The molecule has 3 atom stereocenters. The second-order valence-electron chi connectivity index (χ2n) is 4.55. The Morgan fingerprint density at radius 2 is 2.12 bits per heavy atom. The van der Waals surface area contributed by atoms with Gasteiger partial charge in [0.1, 0.15) is 0 Å². The normalized spacial score (nSPS) is 29.5. The predicted octanol–water partition coefficient (Wildman–Crippen LogP) is -0.0887. The molecule has 0 saturated carbocycles. The average Bonchev–Trinajstić information content (AvgIpc) is 2.60. The Bertz CT molecular complexity index is 317. The number of aliphatic hydroxyl groups excluding tert-OH is 1. The number of sulfonamides is 1. The van der Waals surface area contributed by atoms with Crippen LogP contribution in [0.4, 0.5) is 0 Å². The Kier molecular flexibility index (Phi) is 4.73. The lowest BCUT2D eigenvalue weighted by Gasteiger charge is -2.20. The lowest BCUT2D eigenvalue weighted by atomic mass is 10.00. The second kappa shape index (κ2) is 5.44. The number of ether oxygens (including phenoxy) is 1. The van der Waals surface area contributed by atoms with E-state index in [1.807, 2.05) is 6.92 Å². The van der Waals surface area contributed by atoms with Crippen molar-refractivity contribution in [3.8, 4) is 0 Å². The van der Waals surface area contributed by atoms with Gasteiger partial charge in [0.15, 0.2) is 0 Å². The minimum Gasteiger partial charge on any atom is -0.396 e. The van der Waals surface area contributed by atoms with E-state index in [4.69, 9.17) is 9.84 Å². The average molecular weight is 251 g/mol. The van der Waals surface area contributed by atoms with Gasteiger partial charge in [-0.05, 0) is 18.8 Å². The molecule has 0 bridgehead atoms. The van der Waals surface area contributed by atoms with Crippen LogP contribution in [0.5, 0.6) is 0 Å². The largest absolute Gasteiger partial charge is 0.396 e. The van der Waals surface area contributed by atoms with E-state index in [1.54, 1.807) is 6.92 Å². The molecule has 0 aromatic carbocycles. The zero-order valence-corrected chi connectivity index (χ0v) is 10.9. The van der Waals surface area contributed by atoms with E-state index in [0.29, 0.717) is 13.1 Å². The molecule has 1 aliphatic heterocycles. The van der Waals surface area contributed by atoms with Gasteiger partial charge in [-0.1, -0.05) is 6.92 Å². The third kappa shape index (κ3) is 2.74. The maximum atomic E-state index is 12.1. The molecule has 0 amide bonds. The predicted molar refractivity (Wildman–Crippen MR) is 61.6 cm³/mol. The molecule has 96 valence electrons. The third-order valence-corrected chi connectivity index (χ3v) is 5.41. The quantitative estimate of drug-likeness (QED) is 0.741. The number of rotatable bonds is 5. The van der Waals surface area contributed by atoms with E-state index >= 15 is 0 Å². The highest BCUT2D eigenvalue weighted by Gasteiger charge is 2.38. The van der Waals surface area contributed by atoms with E-state index in [0.717, 1.165) is 0 Å². The fourth-order valence-electron chi connectivity index (χ4n) is 2.01. The van der Waals surface area contributed by atoms with Crippen LogP contribution in [0.25, 0.3) is 0 Å². The van der Waals surface area contributed by atoms with E-state index in [9.17, 15) is 8.42 Å². The smallest absolute Gasteiger partial charge is 0.219 e. The molecule has 1 N–H and O–H groups in total. The van der Waals surface area contributed by atoms with Crippen LogP contribution in [0.3, 0.4) is 0 Å². The lowest BCUT2D eigenvalue weighted by Crippen LogP contribution is -2.38. The lowest BCUT2D eigenvalue weighted by molar-refractivity contribution is 0.197. The highest BCUT2D eigenvalue weighted by molar-refractivity contribution is 7.89. The molecule has 5 nitrogen and oxygen atoms in total. The Labute approximate surface area is 97.4 Å². The van der Waals surface area contributed by atoms with Crippen molar-refractivity contribution in [2.24, 2.45) is 11.8 Å². The van der Waals surface area contributed by atoms with Crippen molar-refractivity contribution in [1.29, 1.82) is 0 Å². The number of hydrogen-bond acceptors (Lipinski definition) is 4. The fraction of sp³-hybridized carbons (Fsp3) is 1.00. The standard InChI is InChI=1S/C10H21NO4S/c1-8-4-11(5-10(8)6-12)16(13,14)9(2)7-15-3/h8-10,12H,4-7H2,1-3H3/t8-,9?,10+/m1/s1. The topological polar surface area (TPSA) is 66.8 Å². The van der Waals surface area contributed by atoms with Crippen LogP contribution in [0.15, 0.2) is 0 Å². The van der Waals surface area contributed by atoms with E-state index in [1.165, 1.54) is 11.4 Å². The van der Waals surface area contributed by atoms with Crippen LogP contribution in [-0.2, 0) is 14.8 Å². The molecule has 0 spiro atoms. The van der Waals surface area contributed by atoms with Gasteiger partial charge in [0.2, 0.25) is 10.0 Å². The van der Waals surface area contributed by atoms with Crippen LogP contribution in [0.2, 0.25) is 0 Å². The summed E-state index contributed by atoms with van der Waals surface area (Å²) in [6.07, 6.45) is 0. The summed E-state index contributed by atoms with van der Waals surface area (Å²) >= 11 is 0. The molecular weight excluding hydrogens is 230 g/mol. The first-order valence-corrected chi connectivity index (χ1v) is 7.02. The Morgan fingerprint density at radius 1 is 1.50 bits per heavy atom. The molecule has 1 saturated heterocycles. The van der Waals surface area contributed by atoms with Gasteiger partial charge in [-0.25, -0.2) is 12.7 Å². The van der Waals surface area contributed by atoms with Gasteiger partial charge in [-0.2, -0.15) is 0 Å². The van der Waals surface area contributed by atoms with Crippen molar-refractivity contribution in [3.63, 3.8) is 0 Å². The summed E-state index contributed by atoms with van der Waals surface area (Å²) in [6, 6.07) is 0. The molecule has 1 heterocycles. The first-order chi connectivity index (χ1) is 7.43. The highest BCUT2D eigenvalue weighted by Crippen LogP contribution is 2.26. The first-order valence-electron chi connectivity index (χ1n) is 5.52. The van der Waals surface area contributed by atoms with E-state index in [2.05, 4.69) is 0 Å². The summed E-state index contributed by atoms with van der Waals surface area (Å²) in [5, 5.41) is 8.59.